The molecule has 1 aromatic heterocycles. The van der Waals surface area contributed by atoms with Crippen LogP contribution in [0.2, 0.25) is 5.15 Å². The molecule has 5 N–H and O–H groups in total. The molecule has 1 amide bonds. The zero-order valence-electron chi connectivity index (χ0n) is 21.9. The van der Waals surface area contributed by atoms with E-state index < -0.39 is 11.5 Å². The number of carbonyl (C=O) groups excluding carboxylic acids is 1. The molecule has 1 aliphatic rings. The van der Waals surface area contributed by atoms with E-state index in [0.29, 0.717) is 30.8 Å². The lowest BCUT2D eigenvalue weighted by Crippen LogP contribution is -2.36. The molecule has 4 rings (SSSR count). The van der Waals surface area contributed by atoms with Gasteiger partial charge in [-0.3, -0.25) is 19.6 Å². The molecule has 0 fully saturated rings. The highest BCUT2D eigenvalue weighted by atomic mass is 35.5. The maximum Gasteiger partial charge on any atom is 0.294 e. The van der Waals surface area contributed by atoms with Crippen LogP contribution in [0.15, 0.2) is 59.4 Å². The third kappa shape index (κ3) is 5.91. The Morgan fingerprint density at radius 2 is 1.89 bits per heavy atom. The number of aryl methyl sites for hydroxylation is 1. The van der Waals surface area contributed by atoms with Crippen LogP contribution >= 0.6 is 11.6 Å². The average molecular weight is 535 g/mol. The van der Waals surface area contributed by atoms with Crippen molar-refractivity contribution in [2.45, 2.75) is 64.0 Å². The van der Waals surface area contributed by atoms with Crippen molar-refractivity contribution in [1.29, 1.82) is 5.41 Å². The zero-order chi connectivity index (χ0) is 27.3. The van der Waals surface area contributed by atoms with Crippen LogP contribution in [0.1, 0.15) is 68.0 Å². The smallest absolute Gasteiger partial charge is 0.294 e. The zero-order valence-corrected chi connectivity index (χ0v) is 22.6. The van der Waals surface area contributed by atoms with E-state index in [0.717, 1.165) is 31.2 Å². The number of fused-ring (bicyclic) bond motifs is 1. The Labute approximate surface area is 228 Å². The molecule has 9 heteroatoms. The van der Waals surface area contributed by atoms with Crippen molar-refractivity contribution in [3.05, 3.63) is 92.5 Å². The molecule has 200 valence electrons. The van der Waals surface area contributed by atoms with E-state index in [4.69, 9.17) is 22.7 Å². The SMILES string of the molecule is CCC[C@]1(C)C[C@@H](C(=O)NCc2ccc(C(=N)N)cc2)n2c1c(Cl)nc(NCCCc1ccccc1)c2=O. The molecule has 0 radical (unpaired) electrons. The summed E-state index contributed by atoms with van der Waals surface area (Å²) in [7, 11) is 0. The van der Waals surface area contributed by atoms with Crippen LogP contribution in [0.5, 0.6) is 0 Å². The molecule has 2 aromatic carbocycles. The number of amides is 1. The van der Waals surface area contributed by atoms with E-state index in [1.807, 2.05) is 30.3 Å². The number of carbonyl (C=O) groups is 1. The number of nitrogen functional groups attached to an aromatic ring is 1. The van der Waals surface area contributed by atoms with Crippen molar-refractivity contribution in [2.24, 2.45) is 5.73 Å². The number of nitrogens with two attached hydrogens (primary N) is 1. The predicted molar refractivity (Wildman–Crippen MR) is 152 cm³/mol. The van der Waals surface area contributed by atoms with Gasteiger partial charge in [-0.1, -0.05) is 86.5 Å². The van der Waals surface area contributed by atoms with E-state index in [1.54, 1.807) is 16.7 Å². The summed E-state index contributed by atoms with van der Waals surface area (Å²) in [5.41, 5.74) is 8.13. The quantitative estimate of drug-likeness (QED) is 0.163. The van der Waals surface area contributed by atoms with Gasteiger partial charge < -0.3 is 16.4 Å². The Kier molecular flexibility index (Phi) is 8.52. The second kappa shape index (κ2) is 11.8. The van der Waals surface area contributed by atoms with Gasteiger partial charge in [0.1, 0.15) is 11.9 Å². The molecule has 0 spiro atoms. The summed E-state index contributed by atoms with van der Waals surface area (Å²) in [6.45, 7) is 4.99. The molecule has 38 heavy (non-hydrogen) atoms. The first kappa shape index (κ1) is 27.4. The van der Waals surface area contributed by atoms with Gasteiger partial charge in [-0.25, -0.2) is 4.98 Å². The predicted octanol–water partition coefficient (Wildman–Crippen LogP) is 4.54. The molecule has 1 aliphatic heterocycles. The van der Waals surface area contributed by atoms with E-state index in [2.05, 4.69) is 41.6 Å². The lowest BCUT2D eigenvalue weighted by atomic mass is 9.80. The standard InChI is InChI=1S/C29H35ClN6O2/c1-3-15-29(2)17-22(27(37)34-18-20-11-13-21(14-12-20)25(31)32)36-23(29)24(30)35-26(28(36)38)33-16-7-10-19-8-5-4-6-9-19/h4-6,8-9,11-14,22H,3,7,10,15-18H2,1-2H3,(H3,31,32)(H,33,35)(H,34,37)/t22-,29+/m0/s1. The molecular weight excluding hydrogens is 500 g/mol. The van der Waals surface area contributed by atoms with E-state index >= 15 is 0 Å². The minimum atomic E-state index is -0.684. The van der Waals surface area contributed by atoms with Gasteiger partial charge in [0.2, 0.25) is 5.91 Å². The van der Waals surface area contributed by atoms with E-state index in [9.17, 15) is 9.59 Å². The second-order valence-corrected chi connectivity index (χ2v) is 10.5. The Balaban J connectivity index is 1.53. The van der Waals surface area contributed by atoms with E-state index in [-0.39, 0.29) is 28.3 Å². The van der Waals surface area contributed by atoms with Gasteiger partial charge in [-0.15, -0.1) is 0 Å². The van der Waals surface area contributed by atoms with Crippen molar-refractivity contribution in [2.75, 3.05) is 11.9 Å². The van der Waals surface area contributed by atoms with Crippen LogP contribution < -0.4 is 21.9 Å². The highest BCUT2D eigenvalue weighted by molar-refractivity contribution is 6.30. The summed E-state index contributed by atoms with van der Waals surface area (Å²) >= 11 is 6.69. The summed E-state index contributed by atoms with van der Waals surface area (Å²) in [5.74, 6) is -0.0704. The van der Waals surface area contributed by atoms with Crippen LogP contribution in [-0.2, 0) is 23.2 Å². The Bertz CT molecular complexity index is 1360. The van der Waals surface area contributed by atoms with Crippen molar-refractivity contribution < 1.29 is 4.79 Å². The Morgan fingerprint density at radius 3 is 2.55 bits per heavy atom. The monoisotopic (exact) mass is 534 g/mol. The van der Waals surface area contributed by atoms with Crippen LogP contribution in [0, 0.1) is 5.41 Å². The van der Waals surface area contributed by atoms with E-state index in [1.165, 1.54) is 5.56 Å². The van der Waals surface area contributed by atoms with Crippen molar-refractivity contribution in [3.8, 4) is 0 Å². The van der Waals surface area contributed by atoms with Gasteiger partial charge in [0.25, 0.3) is 5.56 Å². The molecular formula is C29H35ClN6O2. The lowest BCUT2D eigenvalue weighted by molar-refractivity contribution is -0.124. The second-order valence-electron chi connectivity index (χ2n) is 10.1. The molecule has 2 atom stereocenters. The van der Waals surface area contributed by atoms with Gasteiger partial charge in [0.05, 0.1) is 5.69 Å². The molecule has 0 bridgehead atoms. The summed E-state index contributed by atoms with van der Waals surface area (Å²) in [6, 6.07) is 16.6. The number of aromatic nitrogens is 2. The number of nitrogens with zero attached hydrogens (tertiary/aromatic N) is 2. The maximum absolute atomic E-state index is 13.6. The Hall–Kier alpha value is -3.65. The number of halogens is 1. The van der Waals surface area contributed by atoms with Crippen LogP contribution in [-0.4, -0.2) is 27.8 Å². The highest BCUT2D eigenvalue weighted by Crippen LogP contribution is 2.46. The highest BCUT2D eigenvalue weighted by Gasteiger charge is 2.46. The normalized spacial score (nSPS) is 18.1. The first-order valence-corrected chi connectivity index (χ1v) is 13.4. The molecule has 0 aliphatic carbocycles. The minimum Gasteiger partial charge on any atom is -0.384 e. The fourth-order valence-corrected chi connectivity index (χ4v) is 5.72. The maximum atomic E-state index is 13.6. The summed E-state index contributed by atoms with van der Waals surface area (Å²) in [5, 5.41) is 13.9. The number of hydrogen-bond donors (Lipinski definition) is 4. The number of nitrogens with one attached hydrogen (secondary N) is 3. The van der Waals surface area contributed by atoms with Crippen molar-refractivity contribution >= 4 is 29.2 Å². The van der Waals surface area contributed by atoms with Crippen LogP contribution in [0.4, 0.5) is 5.82 Å². The third-order valence-electron chi connectivity index (χ3n) is 7.21. The largest absolute Gasteiger partial charge is 0.384 e. The number of anilines is 1. The fraction of sp³-hybridized carbons (Fsp3) is 0.379. The lowest BCUT2D eigenvalue weighted by Gasteiger charge is -2.24. The van der Waals surface area contributed by atoms with Gasteiger partial charge >= 0.3 is 0 Å². The topological polar surface area (TPSA) is 126 Å². The molecule has 0 saturated heterocycles. The van der Waals surface area contributed by atoms with Crippen molar-refractivity contribution in [3.63, 3.8) is 0 Å². The molecule has 0 unspecified atom stereocenters. The van der Waals surface area contributed by atoms with Gasteiger partial charge in [0, 0.05) is 24.1 Å². The van der Waals surface area contributed by atoms with Gasteiger partial charge in [0.15, 0.2) is 11.0 Å². The summed E-state index contributed by atoms with van der Waals surface area (Å²) < 4.78 is 1.55. The number of rotatable bonds is 11. The fourth-order valence-electron chi connectivity index (χ4n) is 5.32. The van der Waals surface area contributed by atoms with Crippen LogP contribution in [0.3, 0.4) is 0 Å². The van der Waals surface area contributed by atoms with Crippen LogP contribution in [0.25, 0.3) is 0 Å². The number of hydrogen-bond acceptors (Lipinski definition) is 5. The molecule has 0 saturated carbocycles. The Morgan fingerprint density at radius 1 is 1.18 bits per heavy atom. The molecule has 8 nitrogen and oxygen atoms in total. The van der Waals surface area contributed by atoms with Gasteiger partial charge in [-0.05, 0) is 36.8 Å². The number of benzene rings is 2. The first-order chi connectivity index (χ1) is 18.2. The van der Waals surface area contributed by atoms with Gasteiger partial charge in [-0.2, -0.15) is 0 Å². The summed E-state index contributed by atoms with van der Waals surface area (Å²) in [6.07, 6.45) is 3.85. The minimum absolute atomic E-state index is 0.00676. The third-order valence-corrected chi connectivity index (χ3v) is 7.47. The van der Waals surface area contributed by atoms with Crippen molar-refractivity contribution in [1.82, 2.24) is 14.9 Å². The molecule has 3 aromatic rings. The average Bonchev–Trinajstić information content (AvgIpc) is 3.22. The summed E-state index contributed by atoms with van der Waals surface area (Å²) in [4.78, 5) is 31.5. The molecule has 2 heterocycles. The number of amidine groups is 1. The first-order valence-electron chi connectivity index (χ1n) is 13.0.